The van der Waals surface area contributed by atoms with E-state index in [2.05, 4.69) is 0 Å². The zero-order valence-corrected chi connectivity index (χ0v) is 10.4. The fraction of sp³-hybridized carbons (Fsp3) is 0.0625. The van der Waals surface area contributed by atoms with Gasteiger partial charge in [0.25, 0.3) is 0 Å². The van der Waals surface area contributed by atoms with Crippen LogP contribution in [0.15, 0.2) is 60.4 Å². The SMILES string of the molecule is C/C(Oc1ccccc1)=C1/OC(=O)c2ccccc21. The van der Waals surface area contributed by atoms with Crippen LogP contribution in [0, 0.1) is 0 Å². The van der Waals surface area contributed by atoms with E-state index in [0.29, 0.717) is 22.8 Å². The van der Waals surface area contributed by atoms with Crippen molar-refractivity contribution in [3.63, 3.8) is 0 Å². The summed E-state index contributed by atoms with van der Waals surface area (Å²) in [4.78, 5) is 11.7. The molecule has 0 N–H and O–H groups in total. The summed E-state index contributed by atoms with van der Waals surface area (Å²) in [7, 11) is 0. The summed E-state index contributed by atoms with van der Waals surface area (Å²) in [5.41, 5.74) is 1.36. The highest BCUT2D eigenvalue weighted by Crippen LogP contribution is 2.32. The van der Waals surface area contributed by atoms with Gasteiger partial charge in [-0.25, -0.2) is 4.79 Å². The Balaban J connectivity index is 1.98. The number of para-hydroxylation sites is 1. The quantitative estimate of drug-likeness (QED) is 0.605. The third-order valence-electron chi connectivity index (χ3n) is 2.92. The van der Waals surface area contributed by atoms with Crippen LogP contribution in [-0.4, -0.2) is 5.97 Å². The number of carbonyl (C=O) groups excluding carboxylic acids is 1. The molecule has 19 heavy (non-hydrogen) atoms. The molecule has 0 unspecified atom stereocenters. The van der Waals surface area contributed by atoms with E-state index in [9.17, 15) is 4.79 Å². The van der Waals surface area contributed by atoms with Gasteiger partial charge < -0.3 is 9.47 Å². The number of allylic oxidation sites excluding steroid dienone is 1. The lowest BCUT2D eigenvalue weighted by atomic mass is 10.1. The summed E-state index contributed by atoms with van der Waals surface area (Å²) in [6.45, 7) is 1.79. The Morgan fingerprint density at radius 1 is 0.947 bits per heavy atom. The van der Waals surface area contributed by atoms with Crippen molar-refractivity contribution in [2.45, 2.75) is 6.92 Å². The molecule has 1 aliphatic rings. The van der Waals surface area contributed by atoms with Crippen molar-refractivity contribution in [3.8, 4) is 5.75 Å². The minimum absolute atomic E-state index is 0.332. The number of hydrogen-bond donors (Lipinski definition) is 0. The molecule has 0 aromatic heterocycles. The van der Waals surface area contributed by atoms with Crippen LogP contribution in [-0.2, 0) is 4.74 Å². The summed E-state index contributed by atoms with van der Waals surface area (Å²) >= 11 is 0. The lowest BCUT2D eigenvalue weighted by molar-refractivity contribution is 0.0710. The molecule has 0 atom stereocenters. The van der Waals surface area contributed by atoms with Gasteiger partial charge in [-0.1, -0.05) is 36.4 Å². The van der Waals surface area contributed by atoms with E-state index in [0.717, 1.165) is 5.56 Å². The number of benzene rings is 2. The summed E-state index contributed by atoms with van der Waals surface area (Å²) in [6.07, 6.45) is 0. The average molecular weight is 252 g/mol. The smallest absolute Gasteiger partial charge is 0.344 e. The Hall–Kier alpha value is -2.55. The largest absolute Gasteiger partial charge is 0.458 e. The summed E-state index contributed by atoms with van der Waals surface area (Å²) in [5, 5.41) is 0. The van der Waals surface area contributed by atoms with Gasteiger partial charge in [0.05, 0.1) is 5.56 Å². The number of ether oxygens (including phenoxy) is 2. The Morgan fingerprint density at radius 3 is 2.32 bits per heavy atom. The van der Waals surface area contributed by atoms with Crippen molar-refractivity contribution in [2.24, 2.45) is 0 Å². The topological polar surface area (TPSA) is 35.5 Å². The maximum Gasteiger partial charge on any atom is 0.344 e. The number of fused-ring (bicyclic) bond motifs is 1. The van der Waals surface area contributed by atoms with Crippen molar-refractivity contribution < 1.29 is 14.3 Å². The van der Waals surface area contributed by atoms with Crippen molar-refractivity contribution in [1.82, 2.24) is 0 Å². The zero-order valence-electron chi connectivity index (χ0n) is 10.4. The molecule has 0 amide bonds. The second-order valence-corrected chi connectivity index (χ2v) is 4.24. The minimum Gasteiger partial charge on any atom is -0.458 e. The van der Waals surface area contributed by atoms with Crippen LogP contribution in [0.1, 0.15) is 22.8 Å². The Kier molecular flexibility index (Phi) is 2.80. The van der Waals surface area contributed by atoms with Crippen LogP contribution >= 0.6 is 0 Å². The van der Waals surface area contributed by atoms with E-state index in [1.807, 2.05) is 48.5 Å². The minimum atomic E-state index is -0.332. The van der Waals surface area contributed by atoms with E-state index in [1.165, 1.54) is 0 Å². The highest BCUT2D eigenvalue weighted by atomic mass is 16.6. The van der Waals surface area contributed by atoms with Crippen molar-refractivity contribution in [2.75, 3.05) is 0 Å². The monoisotopic (exact) mass is 252 g/mol. The van der Waals surface area contributed by atoms with Gasteiger partial charge in [-0.15, -0.1) is 0 Å². The summed E-state index contributed by atoms with van der Waals surface area (Å²) in [6, 6.07) is 16.7. The van der Waals surface area contributed by atoms with Gasteiger partial charge in [-0.3, -0.25) is 0 Å². The highest BCUT2D eigenvalue weighted by molar-refractivity contribution is 6.03. The molecule has 3 heteroatoms. The predicted octanol–water partition coefficient (Wildman–Crippen LogP) is 3.62. The van der Waals surface area contributed by atoms with Gasteiger partial charge in [0.2, 0.25) is 0 Å². The molecule has 0 saturated carbocycles. The molecule has 2 aromatic rings. The first kappa shape index (κ1) is 11.5. The van der Waals surface area contributed by atoms with E-state index in [4.69, 9.17) is 9.47 Å². The molecular formula is C16H12O3. The molecule has 1 heterocycles. The molecule has 2 aromatic carbocycles. The first-order valence-corrected chi connectivity index (χ1v) is 6.01. The van der Waals surface area contributed by atoms with Gasteiger partial charge >= 0.3 is 5.97 Å². The van der Waals surface area contributed by atoms with Crippen LogP contribution in [0.4, 0.5) is 0 Å². The van der Waals surface area contributed by atoms with Gasteiger partial charge in [0.15, 0.2) is 5.76 Å². The second kappa shape index (κ2) is 4.61. The summed E-state index contributed by atoms with van der Waals surface area (Å²) in [5.74, 6) is 1.45. The first-order chi connectivity index (χ1) is 9.25. The molecule has 94 valence electrons. The number of hydrogen-bond acceptors (Lipinski definition) is 3. The molecular weight excluding hydrogens is 240 g/mol. The lowest BCUT2D eigenvalue weighted by Crippen LogP contribution is -1.97. The molecule has 3 nitrogen and oxygen atoms in total. The van der Waals surface area contributed by atoms with Crippen LogP contribution < -0.4 is 4.74 Å². The van der Waals surface area contributed by atoms with Gasteiger partial charge in [0.1, 0.15) is 11.5 Å². The molecule has 0 spiro atoms. The standard InChI is InChI=1S/C16H12O3/c1-11(18-12-7-3-2-4-8-12)15-13-9-5-6-10-14(13)16(17)19-15/h2-10H,1H3/b15-11-. The van der Waals surface area contributed by atoms with Crippen LogP contribution in [0.25, 0.3) is 5.76 Å². The number of esters is 1. The van der Waals surface area contributed by atoms with Crippen molar-refractivity contribution >= 4 is 11.7 Å². The fourth-order valence-electron chi connectivity index (χ4n) is 2.03. The first-order valence-electron chi connectivity index (χ1n) is 6.01. The number of rotatable bonds is 2. The molecule has 1 aliphatic heterocycles. The Labute approximate surface area is 111 Å². The molecule has 3 rings (SSSR count). The average Bonchev–Trinajstić information content (AvgIpc) is 2.78. The van der Waals surface area contributed by atoms with Crippen LogP contribution in [0.5, 0.6) is 5.75 Å². The van der Waals surface area contributed by atoms with E-state index in [-0.39, 0.29) is 5.97 Å². The maximum absolute atomic E-state index is 11.7. The van der Waals surface area contributed by atoms with Gasteiger partial charge in [-0.05, 0) is 25.1 Å². The molecule has 0 fully saturated rings. The fourth-order valence-corrected chi connectivity index (χ4v) is 2.03. The van der Waals surface area contributed by atoms with Crippen LogP contribution in [0.3, 0.4) is 0 Å². The Bertz CT molecular complexity index is 657. The molecule has 0 aliphatic carbocycles. The normalized spacial score (nSPS) is 15.7. The zero-order chi connectivity index (χ0) is 13.2. The maximum atomic E-state index is 11.7. The number of carbonyl (C=O) groups is 1. The van der Waals surface area contributed by atoms with E-state index in [1.54, 1.807) is 13.0 Å². The predicted molar refractivity (Wildman–Crippen MR) is 71.5 cm³/mol. The molecule has 0 radical (unpaired) electrons. The van der Waals surface area contributed by atoms with E-state index < -0.39 is 0 Å². The van der Waals surface area contributed by atoms with Crippen LogP contribution in [0.2, 0.25) is 0 Å². The molecule has 0 bridgehead atoms. The lowest BCUT2D eigenvalue weighted by Gasteiger charge is -2.08. The number of cyclic esters (lactones) is 1. The van der Waals surface area contributed by atoms with Gasteiger partial charge in [0, 0.05) is 5.56 Å². The molecule has 0 saturated heterocycles. The van der Waals surface area contributed by atoms with Crippen molar-refractivity contribution in [1.29, 1.82) is 0 Å². The third kappa shape index (κ3) is 2.10. The van der Waals surface area contributed by atoms with E-state index >= 15 is 0 Å². The highest BCUT2D eigenvalue weighted by Gasteiger charge is 2.28. The third-order valence-corrected chi connectivity index (χ3v) is 2.92. The Morgan fingerprint density at radius 2 is 1.58 bits per heavy atom. The summed E-state index contributed by atoms with van der Waals surface area (Å²) < 4.78 is 11.0. The van der Waals surface area contributed by atoms with Gasteiger partial charge in [-0.2, -0.15) is 0 Å². The van der Waals surface area contributed by atoms with Crippen molar-refractivity contribution in [3.05, 3.63) is 71.5 Å². The second-order valence-electron chi connectivity index (χ2n) is 4.24.